The Labute approximate surface area is 203 Å². The van der Waals surface area contributed by atoms with E-state index >= 15 is 0 Å². The summed E-state index contributed by atoms with van der Waals surface area (Å²) in [6.07, 6.45) is 2.64. The Morgan fingerprint density at radius 2 is 1.94 bits per heavy atom. The zero-order chi connectivity index (χ0) is 23.8. The number of hydrogen-bond acceptors (Lipinski definition) is 6. The van der Waals surface area contributed by atoms with Gasteiger partial charge in [-0.2, -0.15) is 5.10 Å². The molecule has 1 N–H and O–H groups in total. The lowest BCUT2D eigenvalue weighted by Gasteiger charge is -2.25. The molecular formula is C26H30N6OS. The first kappa shape index (κ1) is 22.7. The maximum atomic E-state index is 13.4. The van der Waals surface area contributed by atoms with Crippen molar-refractivity contribution < 1.29 is 4.79 Å². The molecule has 7 nitrogen and oxygen atoms in total. The monoisotopic (exact) mass is 474 g/mol. The van der Waals surface area contributed by atoms with Gasteiger partial charge in [-0.3, -0.25) is 15.0 Å². The molecule has 176 valence electrons. The molecule has 3 aromatic heterocycles. The first-order valence-electron chi connectivity index (χ1n) is 11.8. The van der Waals surface area contributed by atoms with Crippen molar-refractivity contribution in [1.29, 1.82) is 0 Å². The molecule has 1 aromatic carbocycles. The zero-order valence-electron chi connectivity index (χ0n) is 20.1. The number of carbonyl (C=O) groups excluding carboxylic acids is 1. The van der Waals surface area contributed by atoms with Crippen LogP contribution in [0.4, 0.5) is 5.13 Å². The minimum absolute atomic E-state index is 0.160. The van der Waals surface area contributed by atoms with Crippen LogP contribution < -0.4 is 5.32 Å². The zero-order valence-corrected chi connectivity index (χ0v) is 20.9. The van der Waals surface area contributed by atoms with Gasteiger partial charge in [-0.1, -0.05) is 44.2 Å². The fraction of sp³-hybridized carbons (Fsp3) is 0.385. The number of benzene rings is 1. The van der Waals surface area contributed by atoms with Crippen LogP contribution in [-0.2, 0) is 19.5 Å². The standard InChI is InChI=1S/C26H30N6OS/c1-16(2)22-12-19(20-13-27-32(17(3)4)24(20)28-22)25(33)30-26-29-21-10-11-31(15-23(21)34-26)14-18-8-6-5-7-9-18/h5-9,12-13,16-17H,10-11,14-15H2,1-4H3,(H,29,30,33). The average Bonchev–Trinajstić information content (AvgIpc) is 3.42. The Bertz CT molecular complexity index is 1320. The lowest BCUT2D eigenvalue weighted by Crippen LogP contribution is -2.29. The maximum Gasteiger partial charge on any atom is 0.258 e. The summed E-state index contributed by atoms with van der Waals surface area (Å²) in [5.74, 6) is 0.0408. The largest absolute Gasteiger partial charge is 0.298 e. The molecule has 1 aliphatic rings. The third-order valence-corrected chi connectivity index (χ3v) is 7.19. The van der Waals surface area contributed by atoms with Gasteiger partial charge in [-0.05, 0) is 31.4 Å². The maximum absolute atomic E-state index is 13.4. The fourth-order valence-corrected chi connectivity index (χ4v) is 5.39. The van der Waals surface area contributed by atoms with Crippen LogP contribution in [0.15, 0.2) is 42.6 Å². The predicted octanol–water partition coefficient (Wildman–Crippen LogP) is 5.40. The van der Waals surface area contributed by atoms with Gasteiger partial charge in [0.1, 0.15) is 0 Å². The second-order valence-corrected chi connectivity index (χ2v) is 10.5. The number of fused-ring (bicyclic) bond motifs is 2. The number of hydrogen-bond donors (Lipinski definition) is 1. The Morgan fingerprint density at radius 3 is 2.68 bits per heavy atom. The van der Waals surface area contributed by atoms with Crippen molar-refractivity contribution in [2.24, 2.45) is 0 Å². The molecule has 4 heterocycles. The summed E-state index contributed by atoms with van der Waals surface area (Å²) in [5.41, 5.74) is 4.64. The smallest absolute Gasteiger partial charge is 0.258 e. The van der Waals surface area contributed by atoms with Gasteiger partial charge in [0.05, 0.1) is 22.8 Å². The van der Waals surface area contributed by atoms with Crippen molar-refractivity contribution >= 4 is 33.4 Å². The third-order valence-electron chi connectivity index (χ3n) is 6.19. The van der Waals surface area contributed by atoms with Crippen molar-refractivity contribution in [3.63, 3.8) is 0 Å². The van der Waals surface area contributed by atoms with E-state index < -0.39 is 0 Å². The minimum atomic E-state index is -0.162. The van der Waals surface area contributed by atoms with Crippen molar-refractivity contribution in [3.8, 4) is 0 Å². The van der Waals surface area contributed by atoms with Crippen LogP contribution in [0.3, 0.4) is 0 Å². The van der Waals surface area contributed by atoms with E-state index in [2.05, 4.69) is 67.3 Å². The van der Waals surface area contributed by atoms with Gasteiger partial charge in [0.15, 0.2) is 10.8 Å². The number of amides is 1. The van der Waals surface area contributed by atoms with Crippen molar-refractivity contribution in [3.05, 3.63) is 70.0 Å². The van der Waals surface area contributed by atoms with Crippen LogP contribution >= 0.6 is 11.3 Å². The van der Waals surface area contributed by atoms with Crippen LogP contribution in [0.5, 0.6) is 0 Å². The quantitative estimate of drug-likeness (QED) is 0.405. The highest BCUT2D eigenvalue weighted by Gasteiger charge is 2.23. The van der Waals surface area contributed by atoms with Crippen LogP contribution in [0.1, 0.15) is 71.8 Å². The topological polar surface area (TPSA) is 75.9 Å². The van der Waals surface area contributed by atoms with Crippen LogP contribution in [-0.4, -0.2) is 37.1 Å². The molecule has 0 saturated carbocycles. The lowest BCUT2D eigenvalue weighted by atomic mass is 10.0. The highest BCUT2D eigenvalue weighted by molar-refractivity contribution is 7.15. The molecule has 4 aromatic rings. The summed E-state index contributed by atoms with van der Waals surface area (Å²) in [6.45, 7) is 11.1. The number of aromatic nitrogens is 4. The van der Waals surface area contributed by atoms with Crippen molar-refractivity contribution in [1.82, 2.24) is 24.6 Å². The molecular weight excluding hydrogens is 444 g/mol. The van der Waals surface area contributed by atoms with E-state index in [1.807, 2.05) is 16.8 Å². The number of nitrogens with one attached hydrogen (secondary N) is 1. The Hall–Kier alpha value is -3.10. The average molecular weight is 475 g/mol. The summed E-state index contributed by atoms with van der Waals surface area (Å²) < 4.78 is 1.88. The highest BCUT2D eigenvalue weighted by atomic mass is 32.1. The van der Waals surface area contributed by atoms with Gasteiger partial charge in [-0.15, -0.1) is 11.3 Å². The summed E-state index contributed by atoms with van der Waals surface area (Å²) in [7, 11) is 0. The molecule has 8 heteroatoms. The SMILES string of the molecule is CC(C)c1cc(C(=O)Nc2nc3c(s2)CN(Cc2ccccc2)CC3)c2cnn(C(C)C)c2n1. The number of thiazole rings is 1. The Kier molecular flexibility index (Phi) is 6.18. The molecule has 1 amide bonds. The van der Waals surface area contributed by atoms with E-state index in [0.717, 1.165) is 48.5 Å². The van der Waals surface area contributed by atoms with Gasteiger partial charge in [0, 0.05) is 42.7 Å². The van der Waals surface area contributed by atoms with Crippen molar-refractivity contribution in [2.75, 3.05) is 11.9 Å². The summed E-state index contributed by atoms with van der Waals surface area (Å²) >= 11 is 1.58. The van der Waals surface area contributed by atoms with E-state index in [1.165, 1.54) is 10.4 Å². The van der Waals surface area contributed by atoms with Gasteiger partial charge in [0.2, 0.25) is 0 Å². The first-order chi connectivity index (χ1) is 16.4. The molecule has 0 spiro atoms. The molecule has 0 fully saturated rings. The van der Waals surface area contributed by atoms with Crippen LogP contribution in [0.25, 0.3) is 11.0 Å². The molecule has 1 aliphatic heterocycles. The molecule has 0 unspecified atom stereocenters. The molecule has 34 heavy (non-hydrogen) atoms. The predicted molar refractivity (Wildman–Crippen MR) is 136 cm³/mol. The van der Waals surface area contributed by atoms with Gasteiger partial charge in [0.25, 0.3) is 5.91 Å². The molecule has 0 aliphatic carbocycles. The number of nitrogens with zero attached hydrogens (tertiary/aromatic N) is 5. The number of anilines is 1. The van der Waals surface area contributed by atoms with Gasteiger partial charge in [-0.25, -0.2) is 14.6 Å². The number of pyridine rings is 1. The second-order valence-electron chi connectivity index (χ2n) is 9.46. The Balaban J connectivity index is 1.38. The second kappa shape index (κ2) is 9.27. The van der Waals surface area contributed by atoms with Crippen LogP contribution in [0.2, 0.25) is 0 Å². The first-order valence-corrected chi connectivity index (χ1v) is 12.6. The van der Waals surface area contributed by atoms with E-state index in [0.29, 0.717) is 10.7 Å². The summed E-state index contributed by atoms with van der Waals surface area (Å²) in [4.78, 5) is 26.6. The summed E-state index contributed by atoms with van der Waals surface area (Å²) in [5, 5.41) is 8.98. The fourth-order valence-electron chi connectivity index (χ4n) is 4.34. The molecule has 5 rings (SSSR count). The van der Waals surface area contributed by atoms with Crippen molar-refractivity contribution in [2.45, 2.75) is 59.2 Å². The van der Waals surface area contributed by atoms with Gasteiger partial charge >= 0.3 is 0 Å². The van der Waals surface area contributed by atoms with E-state index in [9.17, 15) is 4.79 Å². The number of carbonyl (C=O) groups is 1. The van der Waals surface area contributed by atoms with E-state index in [1.54, 1.807) is 17.5 Å². The lowest BCUT2D eigenvalue weighted by molar-refractivity contribution is 0.102. The molecule has 0 bridgehead atoms. The molecule has 0 radical (unpaired) electrons. The minimum Gasteiger partial charge on any atom is -0.298 e. The van der Waals surface area contributed by atoms with E-state index in [-0.39, 0.29) is 17.9 Å². The number of rotatable bonds is 6. The summed E-state index contributed by atoms with van der Waals surface area (Å²) in [6, 6.07) is 12.6. The van der Waals surface area contributed by atoms with E-state index in [4.69, 9.17) is 9.97 Å². The molecule has 0 saturated heterocycles. The van der Waals surface area contributed by atoms with Gasteiger partial charge < -0.3 is 0 Å². The molecule has 0 atom stereocenters. The highest BCUT2D eigenvalue weighted by Crippen LogP contribution is 2.30. The third kappa shape index (κ3) is 4.48. The normalized spacial score (nSPS) is 14.2. The van der Waals surface area contributed by atoms with Crippen LogP contribution in [0, 0.1) is 0 Å². The Morgan fingerprint density at radius 1 is 1.15 bits per heavy atom.